The van der Waals surface area contributed by atoms with E-state index >= 15 is 0 Å². The summed E-state index contributed by atoms with van der Waals surface area (Å²) >= 11 is 0. The fourth-order valence-corrected chi connectivity index (χ4v) is 3.83. The van der Waals surface area contributed by atoms with Crippen LogP contribution >= 0.6 is 0 Å². The molecule has 2 saturated heterocycles. The van der Waals surface area contributed by atoms with E-state index < -0.39 is 5.60 Å². The Bertz CT molecular complexity index is 856. The Morgan fingerprint density at radius 2 is 2.08 bits per heavy atom. The van der Waals surface area contributed by atoms with Gasteiger partial charge in [0.25, 0.3) is 5.91 Å². The number of benzene rings is 1. The normalized spacial score (nSPS) is 23.6. The van der Waals surface area contributed by atoms with Crippen molar-refractivity contribution >= 4 is 23.0 Å². The van der Waals surface area contributed by atoms with Gasteiger partial charge in [0.15, 0.2) is 5.76 Å². The van der Waals surface area contributed by atoms with Crippen molar-refractivity contribution in [3.63, 3.8) is 0 Å². The number of nitrogens with zero attached hydrogens (tertiary/aromatic N) is 1. The third-order valence-corrected chi connectivity index (χ3v) is 5.34. The second-order valence-corrected chi connectivity index (χ2v) is 7.13. The number of rotatable bonds is 1. The van der Waals surface area contributed by atoms with E-state index in [0.29, 0.717) is 31.8 Å². The number of ether oxygens (including phenoxy) is 1. The molecule has 2 aromatic rings. The molecule has 0 radical (unpaired) electrons. The monoisotopic (exact) mass is 342 g/mol. The van der Waals surface area contributed by atoms with Crippen LogP contribution in [0.3, 0.4) is 0 Å². The van der Waals surface area contributed by atoms with Crippen molar-refractivity contribution in [2.75, 3.05) is 19.6 Å². The molecule has 1 aromatic carbocycles. The fraction of sp³-hybridized carbons (Fsp3) is 0.474. The van der Waals surface area contributed by atoms with Crippen LogP contribution < -0.4 is 5.32 Å². The Morgan fingerprint density at radius 3 is 2.84 bits per heavy atom. The molecule has 132 valence electrons. The molecule has 2 amide bonds. The predicted molar refractivity (Wildman–Crippen MR) is 92.7 cm³/mol. The van der Waals surface area contributed by atoms with Gasteiger partial charge in [0, 0.05) is 30.5 Å². The van der Waals surface area contributed by atoms with E-state index in [4.69, 9.17) is 9.15 Å². The molecule has 1 N–H and O–H groups in total. The van der Waals surface area contributed by atoms with Crippen LogP contribution in [-0.4, -0.2) is 42.1 Å². The van der Waals surface area contributed by atoms with Gasteiger partial charge in [0.2, 0.25) is 0 Å². The highest BCUT2D eigenvalue weighted by Crippen LogP contribution is 2.31. The van der Waals surface area contributed by atoms with Crippen molar-refractivity contribution in [2.24, 2.45) is 0 Å². The molecule has 1 atom stereocenters. The topological polar surface area (TPSA) is 71.8 Å². The first-order valence-corrected chi connectivity index (χ1v) is 8.73. The zero-order valence-electron chi connectivity index (χ0n) is 14.6. The standard InChI is InChI=1S/C19H22N2O4/c1-12-4-5-14-13(2)16(24-15(14)10-12)17(22)21-8-3-6-19(7-9-21)11-20-18(23)25-19/h4-5,10H,3,6-9,11H2,1-2H3,(H,20,23). The first kappa shape index (κ1) is 16.0. The number of furan rings is 1. The highest BCUT2D eigenvalue weighted by molar-refractivity contribution is 5.99. The first-order chi connectivity index (χ1) is 12.0. The highest BCUT2D eigenvalue weighted by atomic mass is 16.6. The largest absolute Gasteiger partial charge is 0.451 e. The van der Waals surface area contributed by atoms with Crippen molar-refractivity contribution < 1.29 is 18.7 Å². The molecule has 6 heteroatoms. The van der Waals surface area contributed by atoms with E-state index in [1.165, 1.54) is 0 Å². The number of fused-ring (bicyclic) bond motifs is 1. The van der Waals surface area contributed by atoms with Crippen LogP contribution in [-0.2, 0) is 4.74 Å². The molecule has 1 spiro atoms. The van der Waals surface area contributed by atoms with Crippen LogP contribution in [0, 0.1) is 13.8 Å². The average molecular weight is 342 g/mol. The van der Waals surface area contributed by atoms with Crippen molar-refractivity contribution in [1.29, 1.82) is 0 Å². The Hall–Kier alpha value is -2.50. The van der Waals surface area contributed by atoms with Gasteiger partial charge >= 0.3 is 6.09 Å². The van der Waals surface area contributed by atoms with E-state index in [2.05, 4.69) is 5.32 Å². The van der Waals surface area contributed by atoms with Gasteiger partial charge in [-0.15, -0.1) is 0 Å². The Kier molecular flexibility index (Phi) is 3.71. The van der Waals surface area contributed by atoms with Crippen LogP contribution in [0.1, 0.15) is 40.9 Å². The van der Waals surface area contributed by atoms with E-state index in [-0.39, 0.29) is 12.0 Å². The second kappa shape index (κ2) is 5.79. The smallest absolute Gasteiger partial charge is 0.407 e. The number of likely N-dealkylation sites (tertiary alicyclic amines) is 1. The molecule has 6 nitrogen and oxygen atoms in total. The van der Waals surface area contributed by atoms with E-state index in [0.717, 1.165) is 34.9 Å². The number of nitrogens with one attached hydrogen (secondary N) is 1. The molecular formula is C19H22N2O4. The minimum absolute atomic E-state index is 0.0827. The van der Waals surface area contributed by atoms with Crippen molar-refractivity contribution in [3.05, 3.63) is 35.1 Å². The Morgan fingerprint density at radius 1 is 1.24 bits per heavy atom. The van der Waals surface area contributed by atoms with Gasteiger partial charge in [-0.05, 0) is 38.3 Å². The molecule has 1 unspecified atom stereocenters. The number of aryl methyl sites for hydroxylation is 2. The predicted octanol–water partition coefficient (Wildman–Crippen LogP) is 3.15. The number of carbonyl (C=O) groups excluding carboxylic acids is 2. The molecule has 0 saturated carbocycles. The summed E-state index contributed by atoms with van der Waals surface area (Å²) in [5.74, 6) is 0.332. The summed E-state index contributed by atoms with van der Waals surface area (Å²) in [4.78, 5) is 26.2. The maximum absolute atomic E-state index is 13.0. The second-order valence-electron chi connectivity index (χ2n) is 7.13. The molecule has 1 aromatic heterocycles. The third-order valence-electron chi connectivity index (χ3n) is 5.34. The van der Waals surface area contributed by atoms with Gasteiger partial charge in [0.05, 0.1) is 6.54 Å². The van der Waals surface area contributed by atoms with Crippen LogP contribution in [0.5, 0.6) is 0 Å². The Labute approximate surface area is 146 Å². The van der Waals surface area contributed by atoms with E-state index in [9.17, 15) is 9.59 Å². The number of hydrogen-bond acceptors (Lipinski definition) is 4. The number of hydrogen-bond donors (Lipinski definition) is 1. The lowest BCUT2D eigenvalue weighted by Crippen LogP contribution is -2.36. The summed E-state index contributed by atoms with van der Waals surface area (Å²) in [6.45, 7) is 5.66. The fourth-order valence-electron chi connectivity index (χ4n) is 3.83. The van der Waals surface area contributed by atoms with Gasteiger partial charge < -0.3 is 19.4 Å². The number of carbonyl (C=O) groups is 2. The van der Waals surface area contributed by atoms with E-state index in [1.54, 1.807) is 0 Å². The average Bonchev–Trinajstić information content (AvgIpc) is 3.02. The van der Waals surface area contributed by atoms with Gasteiger partial charge in [-0.25, -0.2) is 4.79 Å². The number of amides is 2. The minimum atomic E-state index is -0.466. The lowest BCUT2D eigenvalue weighted by atomic mass is 9.95. The molecule has 25 heavy (non-hydrogen) atoms. The molecule has 2 aliphatic heterocycles. The quantitative estimate of drug-likeness (QED) is 0.864. The zero-order valence-corrected chi connectivity index (χ0v) is 14.6. The minimum Gasteiger partial charge on any atom is -0.451 e. The van der Waals surface area contributed by atoms with Crippen LogP contribution in [0.15, 0.2) is 22.6 Å². The van der Waals surface area contributed by atoms with Gasteiger partial charge in [-0.2, -0.15) is 0 Å². The molecule has 2 fully saturated rings. The molecule has 3 heterocycles. The lowest BCUT2D eigenvalue weighted by molar-refractivity contribution is 0.0436. The molecule has 4 rings (SSSR count). The lowest BCUT2D eigenvalue weighted by Gasteiger charge is -2.24. The van der Waals surface area contributed by atoms with Crippen LogP contribution in [0.4, 0.5) is 4.79 Å². The van der Waals surface area contributed by atoms with Crippen molar-refractivity contribution in [3.8, 4) is 0 Å². The van der Waals surface area contributed by atoms with Gasteiger partial charge in [0.1, 0.15) is 11.2 Å². The summed E-state index contributed by atoms with van der Waals surface area (Å²) in [7, 11) is 0. The first-order valence-electron chi connectivity index (χ1n) is 8.73. The SMILES string of the molecule is Cc1ccc2c(C)c(C(=O)N3CCCC4(CC3)CNC(=O)O4)oc2c1. The summed E-state index contributed by atoms with van der Waals surface area (Å²) < 4.78 is 11.4. The van der Waals surface area contributed by atoms with Gasteiger partial charge in [-0.1, -0.05) is 12.1 Å². The van der Waals surface area contributed by atoms with Crippen LogP contribution in [0.2, 0.25) is 0 Å². The van der Waals surface area contributed by atoms with Crippen LogP contribution in [0.25, 0.3) is 11.0 Å². The molecule has 2 aliphatic rings. The zero-order chi connectivity index (χ0) is 17.6. The van der Waals surface area contributed by atoms with Crippen molar-refractivity contribution in [2.45, 2.75) is 38.7 Å². The van der Waals surface area contributed by atoms with E-state index in [1.807, 2.05) is 36.9 Å². The Balaban J connectivity index is 1.57. The summed E-state index contributed by atoms with van der Waals surface area (Å²) in [5, 5.41) is 3.71. The summed E-state index contributed by atoms with van der Waals surface area (Å²) in [5.41, 5.74) is 2.27. The molecule has 0 aliphatic carbocycles. The third kappa shape index (κ3) is 2.75. The van der Waals surface area contributed by atoms with Crippen molar-refractivity contribution in [1.82, 2.24) is 10.2 Å². The maximum atomic E-state index is 13.0. The summed E-state index contributed by atoms with van der Waals surface area (Å²) in [6, 6.07) is 5.98. The number of alkyl carbamates (subject to hydrolysis) is 1. The molecular weight excluding hydrogens is 320 g/mol. The van der Waals surface area contributed by atoms with Gasteiger partial charge in [-0.3, -0.25) is 4.79 Å². The maximum Gasteiger partial charge on any atom is 0.407 e. The molecule has 0 bridgehead atoms. The highest BCUT2D eigenvalue weighted by Gasteiger charge is 2.42. The summed E-state index contributed by atoms with van der Waals surface area (Å²) in [6.07, 6.45) is 1.87.